The summed E-state index contributed by atoms with van der Waals surface area (Å²) in [6, 6.07) is 9.13. The molecule has 0 aliphatic carbocycles. The monoisotopic (exact) mass is 345 g/mol. The average Bonchev–Trinajstić information content (AvgIpc) is 2.55. The van der Waals surface area contributed by atoms with Gasteiger partial charge in [0.15, 0.2) is 0 Å². The lowest BCUT2D eigenvalue weighted by atomic mass is 10.1. The number of esters is 1. The number of benzene rings is 2. The van der Waals surface area contributed by atoms with E-state index in [9.17, 15) is 25.0 Å². The van der Waals surface area contributed by atoms with E-state index in [1.807, 2.05) is 0 Å². The first-order valence-electron chi connectivity index (χ1n) is 7.17. The normalized spacial score (nSPS) is 10.5. The summed E-state index contributed by atoms with van der Waals surface area (Å²) in [5.41, 5.74) is 0.0727. The lowest BCUT2D eigenvalue weighted by Gasteiger charge is -2.14. The van der Waals surface area contributed by atoms with Crippen molar-refractivity contribution in [2.75, 3.05) is 14.1 Å². The SMILES string of the molecule is CN(C)Cc1c(OC(=O)c2ccc([N+](=O)[O-])cc2)cccc1[N+](=O)[O-]. The molecule has 0 amide bonds. The maximum absolute atomic E-state index is 12.2. The first-order valence-corrected chi connectivity index (χ1v) is 7.17. The van der Waals surface area contributed by atoms with Crippen molar-refractivity contribution in [3.8, 4) is 5.75 Å². The van der Waals surface area contributed by atoms with E-state index in [-0.39, 0.29) is 34.8 Å². The molecule has 0 saturated carbocycles. The molecule has 0 bridgehead atoms. The van der Waals surface area contributed by atoms with Gasteiger partial charge in [-0.05, 0) is 32.3 Å². The highest BCUT2D eigenvalue weighted by Crippen LogP contribution is 2.30. The van der Waals surface area contributed by atoms with Gasteiger partial charge in [0.05, 0.1) is 21.0 Å². The van der Waals surface area contributed by atoms with E-state index < -0.39 is 15.8 Å². The number of hydrogen-bond acceptors (Lipinski definition) is 7. The Bertz CT molecular complexity index is 817. The van der Waals surface area contributed by atoms with Gasteiger partial charge in [-0.25, -0.2) is 4.79 Å². The van der Waals surface area contributed by atoms with Gasteiger partial charge in [-0.3, -0.25) is 20.2 Å². The zero-order chi connectivity index (χ0) is 18.6. The van der Waals surface area contributed by atoms with Crippen molar-refractivity contribution in [3.05, 3.63) is 73.8 Å². The molecule has 0 heterocycles. The van der Waals surface area contributed by atoms with E-state index in [1.165, 1.54) is 42.5 Å². The molecule has 130 valence electrons. The van der Waals surface area contributed by atoms with Crippen molar-refractivity contribution < 1.29 is 19.4 Å². The first-order chi connectivity index (χ1) is 11.8. The van der Waals surface area contributed by atoms with E-state index in [0.717, 1.165) is 0 Å². The fourth-order valence-corrected chi connectivity index (χ4v) is 2.17. The van der Waals surface area contributed by atoms with Crippen LogP contribution in [-0.4, -0.2) is 34.8 Å². The number of carbonyl (C=O) groups excluding carboxylic acids is 1. The average molecular weight is 345 g/mol. The van der Waals surface area contributed by atoms with Crippen LogP contribution in [0.2, 0.25) is 0 Å². The summed E-state index contributed by atoms with van der Waals surface area (Å²) in [6.07, 6.45) is 0. The van der Waals surface area contributed by atoms with Gasteiger partial charge in [0.25, 0.3) is 11.4 Å². The summed E-state index contributed by atoms with van der Waals surface area (Å²) in [7, 11) is 3.47. The van der Waals surface area contributed by atoms with Crippen molar-refractivity contribution >= 4 is 17.3 Å². The predicted octanol–water partition coefficient (Wildman–Crippen LogP) is 2.78. The predicted molar refractivity (Wildman–Crippen MR) is 88.5 cm³/mol. The van der Waals surface area contributed by atoms with Gasteiger partial charge in [-0.1, -0.05) is 6.07 Å². The molecular weight excluding hydrogens is 330 g/mol. The minimum Gasteiger partial charge on any atom is -0.422 e. The first kappa shape index (κ1) is 18.0. The second-order valence-electron chi connectivity index (χ2n) is 5.44. The van der Waals surface area contributed by atoms with Gasteiger partial charge in [-0.2, -0.15) is 0 Å². The van der Waals surface area contributed by atoms with Crippen LogP contribution in [0.3, 0.4) is 0 Å². The number of nitro benzene ring substituents is 2. The smallest absolute Gasteiger partial charge is 0.343 e. The molecule has 2 rings (SSSR count). The van der Waals surface area contributed by atoms with Crippen molar-refractivity contribution in [1.82, 2.24) is 4.90 Å². The number of non-ortho nitro benzene ring substituents is 1. The number of nitro groups is 2. The Hall–Kier alpha value is -3.33. The van der Waals surface area contributed by atoms with Crippen LogP contribution in [0, 0.1) is 20.2 Å². The quantitative estimate of drug-likeness (QED) is 0.342. The van der Waals surface area contributed by atoms with Crippen LogP contribution in [0.1, 0.15) is 15.9 Å². The van der Waals surface area contributed by atoms with Gasteiger partial charge in [0, 0.05) is 24.7 Å². The van der Waals surface area contributed by atoms with E-state index in [1.54, 1.807) is 19.0 Å². The minimum atomic E-state index is -0.754. The Morgan fingerprint density at radius 3 is 2.20 bits per heavy atom. The lowest BCUT2D eigenvalue weighted by Crippen LogP contribution is -2.16. The zero-order valence-electron chi connectivity index (χ0n) is 13.5. The molecule has 0 saturated heterocycles. The largest absolute Gasteiger partial charge is 0.422 e. The number of ether oxygens (including phenoxy) is 1. The van der Waals surface area contributed by atoms with Crippen LogP contribution in [0.15, 0.2) is 42.5 Å². The third kappa shape index (κ3) is 4.36. The summed E-state index contributed by atoms with van der Waals surface area (Å²) in [4.78, 5) is 34.7. The standard InChI is InChI=1S/C16H15N3O6/c1-17(2)10-13-14(19(23)24)4-3-5-15(13)25-16(20)11-6-8-12(9-7-11)18(21)22/h3-9H,10H2,1-2H3. The Labute approximate surface area is 142 Å². The highest BCUT2D eigenvalue weighted by atomic mass is 16.6. The van der Waals surface area contributed by atoms with Crippen LogP contribution in [-0.2, 0) is 6.54 Å². The Balaban J connectivity index is 2.32. The minimum absolute atomic E-state index is 0.0752. The molecule has 0 N–H and O–H groups in total. The molecule has 25 heavy (non-hydrogen) atoms. The maximum atomic E-state index is 12.2. The van der Waals surface area contributed by atoms with Crippen molar-refractivity contribution in [2.24, 2.45) is 0 Å². The molecule has 2 aromatic carbocycles. The topological polar surface area (TPSA) is 116 Å². The lowest BCUT2D eigenvalue weighted by molar-refractivity contribution is -0.385. The molecule has 0 spiro atoms. The third-order valence-corrected chi connectivity index (χ3v) is 3.30. The van der Waals surface area contributed by atoms with Gasteiger partial charge in [-0.15, -0.1) is 0 Å². The van der Waals surface area contributed by atoms with Crippen LogP contribution < -0.4 is 4.74 Å². The fraction of sp³-hybridized carbons (Fsp3) is 0.188. The van der Waals surface area contributed by atoms with E-state index in [4.69, 9.17) is 4.74 Å². The van der Waals surface area contributed by atoms with Gasteiger partial charge in [0.2, 0.25) is 0 Å². The van der Waals surface area contributed by atoms with Crippen molar-refractivity contribution in [2.45, 2.75) is 6.54 Å². The molecule has 9 heteroatoms. The molecule has 0 radical (unpaired) electrons. The highest BCUT2D eigenvalue weighted by molar-refractivity contribution is 5.91. The summed E-state index contributed by atoms with van der Waals surface area (Å²) in [5.74, 6) is -0.679. The Kier molecular flexibility index (Phi) is 5.40. The maximum Gasteiger partial charge on any atom is 0.343 e. The van der Waals surface area contributed by atoms with E-state index in [2.05, 4.69) is 0 Å². The summed E-state index contributed by atoms with van der Waals surface area (Å²) >= 11 is 0. The number of rotatable bonds is 6. The van der Waals surface area contributed by atoms with Gasteiger partial charge in [0.1, 0.15) is 5.75 Å². The highest BCUT2D eigenvalue weighted by Gasteiger charge is 2.21. The Morgan fingerprint density at radius 1 is 1.04 bits per heavy atom. The van der Waals surface area contributed by atoms with Crippen LogP contribution >= 0.6 is 0 Å². The van der Waals surface area contributed by atoms with Gasteiger partial charge >= 0.3 is 5.97 Å². The van der Waals surface area contributed by atoms with Crippen LogP contribution in [0.5, 0.6) is 5.75 Å². The summed E-state index contributed by atoms with van der Waals surface area (Å²) < 4.78 is 5.28. The third-order valence-electron chi connectivity index (χ3n) is 3.30. The number of hydrogen-bond donors (Lipinski definition) is 0. The van der Waals surface area contributed by atoms with Crippen LogP contribution in [0.25, 0.3) is 0 Å². The summed E-state index contributed by atoms with van der Waals surface area (Å²) in [6.45, 7) is 0.208. The molecule has 9 nitrogen and oxygen atoms in total. The second-order valence-corrected chi connectivity index (χ2v) is 5.44. The van der Waals surface area contributed by atoms with E-state index >= 15 is 0 Å². The van der Waals surface area contributed by atoms with Crippen molar-refractivity contribution in [1.29, 1.82) is 0 Å². The molecule has 2 aromatic rings. The van der Waals surface area contributed by atoms with Gasteiger partial charge < -0.3 is 9.64 Å². The van der Waals surface area contributed by atoms with Crippen molar-refractivity contribution in [3.63, 3.8) is 0 Å². The fourth-order valence-electron chi connectivity index (χ4n) is 2.17. The molecular formula is C16H15N3O6. The van der Waals surface area contributed by atoms with Crippen LogP contribution in [0.4, 0.5) is 11.4 Å². The number of carbonyl (C=O) groups is 1. The molecule has 0 aliphatic rings. The zero-order valence-corrected chi connectivity index (χ0v) is 13.5. The molecule has 0 unspecified atom stereocenters. The molecule has 0 atom stereocenters. The molecule has 0 aromatic heterocycles. The Morgan fingerprint density at radius 2 is 1.68 bits per heavy atom. The summed E-state index contributed by atoms with van der Waals surface area (Å²) in [5, 5.41) is 21.8. The molecule has 0 fully saturated rings. The van der Waals surface area contributed by atoms with E-state index in [0.29, 0.717) is 0 Å². The number of nitrogens with zero attached hydrogens (tertiary/aromatic N) is 3. The molecule has 0 aliphatic heterocycles. The second kappa shape index (κ2) is 7.49.